The van der Waals surface area contributed by atoms with Crippen molar-refractivity contribution in [3.63, 3.8) is 0 Å². The molecule has 0 aromatic heterocycles. The Morgan fingerprint density at radius 1 is 0.947 bits per heavy atom. The van der Waals surface area contributed by atoms with Crippen molar-refractivity contribution < 1.29 is 37.0 Å². The van der Waals surface area contributed by atoms with Crippen LogP contribution >= 0.6 is 11.8 Å². The van der Waals surface area contributed by atoms with Gasteiger partial charge in [-0.15, -0.1) is 0 Å². The summed E-state index contributed by atoms with van der Waals surface area (Å²) >= 11 is 1.17. The third kappa shape index (κ3) is 6.66. The van der Waals surface area contributed by atoms with Crippen LogP contribution in [0.15, 0.2) is 77.1 Å². The van der Waals surface area contributed by atoms with E-state index in [4.69, 9.17) is 9.47 Å². The number of halogens is 3. The van der Waals surface area contributed by atoms with Crippen LogP contribution in [-0.4, -0.2) is 31.3 Å². The summed E-state index contributed by atoms with van der Waals surface area (Å²) in [5.74, 6) is -2.49. The number of ether oxygens (including phenoxy) is 2. The standard InChI is InChI=1S/C28H28F3NO5S/c1-16-23(26(34)36-3)24(19-10-12-20(13-11-19)28(29,30)31)25(27(35)37-4)21(32-16)14-15-22(38-17(2)33)18-8-6-5-7-9-18/h5-13,22,24,32H,14-15H2,1-4H3. The highest BCUT2D eigenvalue weighted by Gasteiger charge is 2.39. The number of hydrogen-bond donors (Lipinski definition) is 1. The molecule has 2 aromatic carbocycles. The van der Waals surface area contributed by atoms with Crippen molar-refractivity contribution in [2.75, 3.05) is 14.2 Å². The van der Waals surface area contributed by atoms with Gasteiger partial charge in [-0.25, -0.2) is 9.59 Å². The van der Waals surface area contributed by atoms with E-state index < -0.39 is 29.6 Å². The Balaban J connectivity index is 2.10. The molecule has 0 radical (unpaired) electrons. The normalized spacial score (nSPS) is 16.6. The second kappa shape index (κ2) is 12.3. The van der Waals surface area contributed by atoms with Gasteiger partial charge in [0.1, 0.15) is 0 Å². The highest BCUT2D eigenvalue weighted by Crippen LogP contribution is 2.42. The van der Waals surface area contributed by atoms with E-state index in [-0.39, 0.29) is 21.5 Å². The molecule has 38 heavy (non-hydrogen) atoms. The van der Waals surface area contributed by atoms with Gasteiger partial charge in [-0.05, 0) is 43.0 Å². The lowest BCUT2D eigenvalue weighted by atomic mass is 9.79. The minimum Gasteiger partial charge on any atom is -0.466 e. The van der Waals surface area contributed by atoms with E-state index in [9.17, 15) is 27.6 Å². The molecule has 6 nitrogen and oxygen atoms in total. The molecule has 0 bridgehead atoms. The largest absolute Gasteiger partial charge is 0.466 e. The first-order valence-electron chi connectivity index (χ1n) is 11.7. The van der Waals surface area contributed by atoms with Crippen molar-refractivity contribution in [3.8, 4) is 0 Å². The predicted octanol–water partition coefficient (Wildman–Crippen LogP) is 6.07. The van der Waals surface area contributed by atoms with Crippen LogP contribution < -0.4 is 5.32 Å². The van der Waals surface area contributed by atoms with Gasteiger partial charge in [-0.2, -0.15) is 13.2 Å². The van der Waals surface area contributed by atoms with Crippen molar-refractivity contribution in [1.82, 2.24) is 5.32 Å². The Morgan fingerprint density at radius 3 is 2.05 bits per heavy atom. The molecule has 10 heteroatoms. The van der Waals surface area contributed by atoms with E-state index >= 15 is 0 Å². The van der Waals surface area contributed by atoms with Crippen molar-refractivity contribution >= 4 is 28.8 Å². The van der Waals surface area contributed by atoms with E-state index in [0.29, 0.717) is 29.8 Å². The monoisotopic (exact) mass is 547 g/mol. The number of nitrogens with one attached hydrogen (secondary N) is 1. The molecular formula is C28H28F3NO5S. The SMILES string of the molecule is COC(=O)C1=C(C)NC(CCC(SC(C)=O)c2ccccc2)=C(C(=O)OC)C1c1ccc(C(F)(F)F)cc1. The molecule has 1 heterocycles. The van der Waals surface area contributed by atoms with Crippen LogP contribution in [0.25, 0.3) is 0 Å². The quantitative estimate of drug-likeness (QED) is 0.402. The molecule has 1 N–H and O–H groups in total. The van der Waals surface area contributed by atoms with Crippen LogP contribution in [0, 0.1) is 0 Å². The fourth-order valence-corrected chi connectivity index (χ4v) is 5.39. The highest BCUT2D eigenvalue weighted by atomic mass is 32.2. The number of benzene rings is 2. The molecular weight excluding hydrogens is 519 g/mol. The van der Waals surface area contributed by atoms with Crippen LogP contribution in [0.3, 0.4) is 0 Å². The molecule has 0 aliphatic carbocycles. The highest BCUT2D eigenvalue weighted by molar-refractivity contribution is 8.13. The minimum atomic E-state index is -4.55. The van der Waals surface area contributed by atoms with Gasteiger partial charge in [0.2, 0.25) is 0 Å². The molecule has 0 saturated carbocycles. The molecule has 2 aromatic rings. The maximum absolute atomic E-state index is 13.2. The van der Waals surface area contributed by atoms with Crippen LogP contribution in [0.1, 0.15) is 54.5 Å². The van der Waals surface area contributed by atoms with Crippen LogP contribution in [0.4, 0.5) is 13.2 Å². The zero-order chi connectivity index (χ0) is 28.0. The molecule has 0 saturated heterocycles. The van der Waals surface area contributed by atoms with Crippen molar-refractivity contribution in [3.05, 3.63) is 93.8 Å². The molecule has 0 spiro atoms. The summed E-state index contributed by atoms with van der Waals surface area (Å²) in [7, 11) is 2.38. The van der Waals surface area contributed by atoms with Crippen LogP contribution in [0.5, 0.6) is 0 Å². The Bertz CT molecular complexity index is 1250. The molecule has 3 rings (SSSR count). The number of carbonyl (C=O) groups excluding carboxylic acids is 3. The van der Waals surface area contributed by atoms with Gasteiger partial charge in [-0.1, -0.05) is 54.2 Å². The van der Waals surface area contributed by atoms with Gasteiger partial charge in [0.05, 0.1) is 36.8 Å². The first kappa shape index (κ1) is 29.0. The Hall–Kier alpha value is -3.53. The van der Waals surface area contributed by atoms with Gasteiger partial charge in [-0.3, -0.25) is 4.79 Å². The summed E-state index contributed by atoms with van der Waals surface area (Å²) in [4.78, 5) is 37.9. The number of rotatable bonds is 8. The molecule has 0 fully saturated rings. The second-order valence-corrected chi connectivity index (χ2v) is 10.0. The van der Waals surface area contributed by atoms with E-state index in [0.717, 1.165) is 17.7 Å². The van der Waals surface area contributed by atoms with E-state index in [1.807, 2.05) is 30.3 Å². The number of dihydropyridines is 1. The molecule has 2 unspecified atom stereocenters. The number of thioether (sulfide) groups is 1. The topological polar surface area (TPSA) is 81.7 Å². The fraction of sp³-hybridized carbons (Fsp3) is 0.321. The third-order valence-electron chi connectivity index (χ3n) is 6.16. The first-order chi connectivity index (χ1) is 18.0. The smallest absolute Gasteiger partial charge is 0.416 e. The number of alkyl halides is 3. The van der Waals surface area contributed by atoms with Gasteiger partial charge in [0.25, 0.3) is 0 Å². The summed E-state index contributed by atoms with van der Waals surface area (Å²) in [6.07, 6.45) is -3.79. The molecule has 1 aliphatic heterocycles. The third-order valence-corrected chi connectivity index (χ3v) is 7.29. The summed E-state index contributed by atoms with van der Waals surface area (Å²) < 4.78 is 49.6. The lowest BCUT2D eigenvalue weighted by Gasteiger charge is -2.32. The summed E-state index contributed by atoms with van der Waals surface area (Å²) in [6.45, 7) is 3.12. The van der Waals surface area contributed by atoms with Gasteiger partial charge in [0, 0.05) is 23.6 Å². The lowest BCUT2D eigenvalue weighted by molar-refractivity contribution is -0.138. The van der Waals surface area contributed by atoms with Crippen molar-refractivity contribution in [1.29, 1.82) is 0 Å². The number of hydrogen-bond acceptors (Lipinski definition) is 7. The van der Waals surface area contributed by atoms with E-state index in [2.05, 4.69) is 5.32 Å². The fourth-order valence-electron chi connectivity index (χ4n) is 4.46. The minimum absolute atomic E-state index is 0.0655. The summed E-state index contributed by atoms with van der Waals surface area (Å²) in [5, 5.41) is 2.85. The number of allylic oxidation sites excluding steroid dienone is 2. The molecule has 0 amide bonds. The van der Waals surface area contributed by atoms with E-state index in [1.54, 1.807) is 6.92 Å². The first-order valence-corrected chi connectivity index (χ1v) is 12.6. The maximum atomic E-state index is 13.2. The van der Waals surface area contributed by atoms with Gasteiger partial charge >= 0.3 is 18.1 Å². The number of carbonyl (C=O) groups is 3. The Morgan fingerprint density at radius 2 is 1.53 bits per heavy atom. The predicted molar refractivity (Wildman–Crippen MR) is 138 cm³/mol. The van der Waals surface area contributed by atoms with Crippen LogP contribution in [-0.2, 0) is 30.0 Å². The number of methoxy groups -OCH3 is 2. The zero-order valence-corrected chi connectivity index (χ0v) is 22.2. The number of esters is 2. The van der Waals surface area contributed by atoms with Crippen LogP contribution in [0.2, 0.25) is 0 Å². The van der Waals surface area contributed by atoms with Crippen molar-refractivity contribution in [2.45, 2.75) is 44.0 Å². The summed E-state index contributed by atoms with van der Waals surface area (Å²) in [6, 6.07) is 13.7. The van der Waals surface area contributed by atoms with Gasteiger partial charge < -0.3 is 14.8 Å². The average molecular weight is 548 g/mol. The average Bonchev–Trinajstić information content (AvgIpc) is 2.89. The van der Waals surface area contributed by atoms with E-state index in [1.165, 1.54) is 45.0 Å². The second-order valence-electron chi connectivity index (χ2n) is 8.64. The summed E-state index contributed by atoms with van der Waals surface area (Å²) in [5.41, 5.74) is 1.43. The molecule has 1 aliphatic rings. The molecule has 2 atom stereocenters. The Kier molecular flexibility index (Phi) is 9.43. The zero-order valence-electron chi connectivity index (χ0n) is 21.3. The lowest BCUT2D eigenvalue weighted by Crippen LogP contribution is -2.33. The van der Waals surface area contributed by atoms with Gasteiger partial charge in [0.15, 0.2) is 5.12 Å². The van der Waals surface area contributed by atoms with Crippen molar-refractivity contribution in [2.24, 2.45) is 0 Å². The maximum Gasteiger partial charge on any atom is 0.416 e. The molecule has 202 valence electrons. The Labute approximate surface area is 223 Å².